The Bertz CT molecular complexity index is 587. The standard InChI is InChI=1S/C16H20N4O2/c1-3-13-4-5-15(18-12-13)20(10-11-22-2)16(21)19-14-6-8-17-9-7-14/h4-9,12H,3,10-11H2,1-2H3,(H,17,19,21). The van der Waals surface area contributed by atoms with Gasteiger partial charge in [0.15, 0.2) is 0 Å². The predicted octanol–water partition coefficient (Wildman–Crippen LogP) is 2.72. The predicted molar refractivity (Wildman–Crippen MR) is 86.1 cm³/mol. The third-order valence-electron chi connectivity index (χ3n) is 3.19. The minimum Gasteiger partial charge on any atom is -0.383 e. The van der Waals surface area contributed by atoms with Crippen LogP contribution in [0.5, 0.6) is 0 Å². The minimum absolute atomic E-state index is 0.250. The molecule has 0 saturated heterocycles. The van der Waals surface area contributed by atoms with Gasteiger partial charge < -0.3 is 10.1 Å². The Balaban J connectivity index is 2.15. The van der Waals surface area contributed by atoms with Gasteiger partial charge in [-0.2, -0.15) is 0 Å². The number of pyridine rings is 2. The molecule has 2 heterocycles. The van der Waals surface area contributed by atoms with Crippen LogP contribution >= 0.6 is 0 Å². The number of methoxy groups -OCH3 is 1. The van der Waals surface area contributed by atoms with Gasteiger partial charge >= 0.3 is 6.03 Å². The van der Waals surface area contributed by atoms with Gasteiger partial charge in [-0.15, -0.1) is 0 Å². The highest BCUT2D eigenvalue weighted by molar-refractivity contribution is 6.01. The van der Waals surface area contributed by atoms with Crippen molar-refractivity contribution in [3.63, 3.8) is 0 Å². The van der Waals surface area contributed by atoms with Gasteiger partial charge in [0.25, 0.3) is 0 Å². The molecule has 0 fully saturated rings. The lowest BCUT2D eigenvalue weighted by atomic mass is 10.2. The van der Waals surface area contributed by atoms with Crippen LogP contribution in [0.4, 0.5) is 16.3 Å². The summed E-state index contributed by atoms with van der Waals surface area (Å²) in [6, 6.07) is 7.04. The number of hydrogen-bond donors (Lipinski definition) is 1. The van der Waals surface area contributed by atoms with Crippen molar-refractivity contribution in [2.24, 2.45) is 0 Å². The van der Waals surface area contributed by atoms with Crippen molar-refractivity contribution in [3.8, 4) is 0 Å². The number of urea groups is 1. The van der Waals surface area contributed by atoms with E-state index < -0.39 is 0 Å². The maximum absolute atomic E-state index is 12.5. The molecule has 2 aromatic heterocycles. The number of aromatic nitrogens is 2. The van der Waals surface area contributed by atoms with Crippen molar-refractivity contribution in [2.45, 2.75) is 13.3 Å². The number of rotatable bonds is 6. The second kappa shape index (κ2) is 8.09. The highest BCUT2D eigenvalue weighted by Crippen LogP contribution is 2.14. The van der Waals surface area contributed by atoms with E-state index in [4.69, 9.17) is 4.74 Å². The van der Waals surface area contributed by atoms with Crippen LogP contribution in [0.2, 0.25) is 0 Å². The van der Waals surface area contributed by atoms with Crippen LogP contribution in [0.15, 0.2) is 42.9 Å². The fourth-order valence-corrected chi connectivity index (χ4v) is 1.91. The third kappa shape index (κ3) is 4.26. The molecule has 0 aliphatic heterocycles. The molecule has 0 atom stereocenters. The molecule has 0 unspecified atom stereocenters. The number of nitrogens with one attached hydrogen (secondary N) is 1. The Morgan fingerprint density at radius 1 is 1.27 bits per heavy atom. The zero-order valence-electron chi connectivity index (χ0n) is 12.8. The first-order valence-corrected chi connectivity index (χ1v) is 7.17. The van der Waals surface area contributed by atoms with Gasteiger partial charge in [-0.25, -0.2) is 9.78 Å². The van der Waals surface area contributed by atoms with Crippen LogP contribution in [-0.2, 0) is 11.2 Å². The largest absolute Gasteiger partial charge is 0.383 e. The Morgan fingerprint density at radius 3 is 2.64 bits per heavy atom. The van der Waals surface area contributed by atoms with E-state index in [0.717, 1.165) is 12.0 Å². The van der Waals surface area contributed by atoms with E-state index in [-0.39, 0.29) is 6.03 Å². The van der Waals surface area contributed by atoms with Crippen LogP contribution in [0.1, 0.15) is 12.5 Å². The van der Waals surface area contributed by atoms with Gasteiger partial charge in [0, 0.05) is 31.4 Å². The van der Waals surface area contributed by atoms with Gasteiger partial charge in [-0.1, -0.05) is 13.0 Å². The number of aryl methyl sites for hydroxylation is 1. The Morgan fingerprint density at radius 2 is 2.05 bits per heavy atom. The van der Waals surface area contributed by atoms with Crippen molar-refractivity contribution in [3.05, 3.63) is 48.4 Å². The van der Waals surface area contributed by atoms with Gasteiger partial charge in [0.1, 0.15) is 5.82 Å². The van der Waals surface area contributed by atoms with Crippen molar-refractivity contribution in [2.75, 3.05) is 30.5 Å². The number of carbonyl (C=O) groups excluding carboxylic acids is 1. The van der Waals surface area contributed by atoms with E-state index in [0.29, 0.717) is 24.7 Å². The first kappa shape index (κ1) is 15.9. The smallest absolute Gasteiger partial charge is 0.327 e. The molecule has 0 aromatic carbocycles. The second-order valence-corrected chi connectivity index (χ2v) is 4.69. The number of ether oxygens (including phenoxy) is 1. The van der Waals surface area contributed by atoms with Crippen molar-refractivity contribution < 1.29 is 9.53 Å². The molecular weight excluding hydrogens is 280 g/mol. The van der Waals surface area contributed by atoms with Crippen LogP contribution in [-0.4, -0.2) is 36.3 Å². The number of nitrogens with zero attached hydrogens (tertiary/aromatic N) is 3. The normalized spacial score (nSPS) is 10.3. The summed E-state index contributed by atoms with van der Waals surface area (Å²) < 4.78 is 5.08. The zero-order chi connectivity index (χ0) is 15.8. The molecule has 0 radical (unpaired) electrons. The average molecular weight is 300 g/mol. The van der Waals surface area contributed by atoms with Crippen LogP contribution in [0.25, 0.3) is 0 Å². The van der Waals surface area contributed by atoms with Gasteiger partial charge in [0.2, 0.25) is 0 Å². The van der Waals surface area contributed by atoms with E-state index in [1.807, 2.05) is 12.1 Å². The van der Waals surface area contributed by atoms with Crippen molar-refractivity contribution in [1.29, 1.82) is 0 Å². The first-order valence-electron chi connectivity index (χ1n) is 7.17. The molecule has 116 valence electrons. The first-order chi connectivity index (χ1) is 10.7. The molecule has 0 aliphatic rings. The van der Waals surface area contributed by atoms with E-state index in [1.165, 1.54) is 0 Å². The quantitative estimate of drug-likeness (QED) is 0.890. The monoisotopic (exact) mass is 300 g/mol. The molecule has 0 spiro atoms. The van der Waals surface area contributed by atoms with Gasteiger partial charge in [-0.3, -0.25) is 9.88 Å². The topological polar surface area (TPSA) is 67.3 Å². The minimum atomic E-state index is -0.250. The number of hydrogen-bond acceptors (Lipinski definition) is 4. The molecule has 2 rings (SSSR count). The molecule has 2 amide bonds. The Hall–Kier alpha value is -2.47. The number of anilines is 2. The summed E-state index contributed by atoms with van der Waals surface area (Å²) in [4.78, 5) is 22.3. The van der Waals surface area contributed by atoms with E-state index in [1.54, 1.807) is 42.7 Å². The van der Waals surface area contributed by atoms with Crippen LogP contribution in [0.3, 0.4) is 0 Å². The zero-order valence-corrected chi connectivity index (χ0v) is 12.8. The number of amides is 2. The van der Waals surface area contributed by atoms with Gasteiger partial charge in [-0.05, 0) is 30.2 Å². The lowest BCUT2D eigenvalue weighted by molar-refractivity contribution is 0.204. The van der Waals surface area contributed by atoms with Crippen LogP contribution in [0, 0.1) is 0 Å². The summed E-state index contributed by atoms with van der Waals surface area (Å²) in [5.74, 6) is 0.598. The van der Waals surface area contributed by atoms with Gasteiger partial charge in [0.05, 0.1) is 13.2 Å². The summed E-state index contributed by atoms with van der Waals surface area (Å²) in [5, 5.41) is 2.83. The lowest BCUT2D eigenvalue weighted by Crippen LogP contribution is -2.38. The molecular formula is C16H20N4O2. The SMILES string of the molecule is CCc1ccc(N(CCOC)C(=O)Nc2ccncc2)nc1. The third-order valence-corrected chi connectivity index (χ3v) is 3.19. The Kier molecular flexibility index (Phi) is 5.85. The fourth-order valence-electron chi connectivity index (χ4n) is 1.91. The van der Waals surface area contributed by atoms with Crippen molar-refractivity contribution in [1.82, 2.24) is 9.97 Å². The molecule has 1 N–H and O–H groups in total. The average Bonchev–Trinajstić information content (AvgIpc) is 2.56. The van der Waals surface area contributed by atoms with Crippen molar-refractivity contribution >= 4 is 17.5 Å². The molecule has 0 aliphatic carbocycles. The fraction of sp³-hybridized carbons (Fsp3) is 0.312. The lowest BCUT2D eigenvalue weighted by Gasteiger charge is -2.22. The van der Waals surface area contributed by atoms with E-state index in [9.17, 15) is 4.79 Å². The van der Waals surface area contributed by atoms with Crippen LogP contribution < -0.4 is 10.2 Å². The highest BCUT2D eigenvalue weighted by Gasteiger charge is 2.16. The summed E-state index contributed by atoms with van der Waals surface area (Å²) in [5.41, 5.74) is 1.82. The molecule has 6 nitrogen and oxygen atoms in total. The molecule has 6 heteroatoms. The summed E-state index contributed by atoms with van der Waals surface area (Å²) in [6.45, 7) is 2.92. The molecule has 2 aromatic rings. The van der Waals surface area contributed by atoms with E-state index in [2.05, 4.69) is 22.2 Å². The highest BCUT2D eigenvalue weighted by atomic mass is 16.5. The summed E-state index contributed by atoms with van der Waals surface area (Å²) >= 11 is 0. The molecule has 0 bridgehead atoms. The molecule has 22 heavy (non-hydrogen) atoms. The van der Waals surface area contributed by atoms with E-state index >= 15 is 0 Å². The molecule has 0 saturated carbocycles. The number of carbonyl (C=O) groups is 1. The maximum Gasteiger partial charge on any atom is 0.327 e. The summed E-state index contributed by atoms with van der Waals surface area (Å²) in [7, 11) is 1.60. The summed E-state index contributed by atoms with van der Waals surface area (Å²) in [6.07, 6.45) is 5.95. The second-order valence-electron chi connectivity index (χ2n) is 4.69. The Labute approximate surface area is 130 Å². The maximum atomic E-state index is 12.5.